The Labute approximate surface area is 166 Å². The van der Waals surface area contributed by atoms with E-state index in [4.69, 9.17) is 5.73 Å². The molecule has 2 fully saturated rings. The molecule has 0 spiro atoms. The van der Waals surface area contributed by atoms with Crippen molar-refractivity contribution >= 4 is 0 Å². The van der Waals surface area contributed by atoms with Gasteiger partial charge in [0.05, 0.1) is 0 Å². The van der Waals surface area contributed by atoms with Gasteiger partial charge in [-0.3, -0.25) is 4.90 Å². The smallest absolute Gasteiger partial charge is 0.243 e. The monoisotopic (exact) mass is 384 g/mol. The Balaban J connectivity index is 1.49. The van der Waals surface area contributed by atoms with Crippen molar-refractivity contribution in [1.29, 1.82) is 0 Å². The highest BCUT2D eigenvalue weighted by atomic mass is 19.3. The van der Waals surface area contributed by atoms with Gasteiger partial charge in [-0.25, -0.2) is 8.78 Å². The number of hydrogen-bond donors (Lipinski definition) is 1. The van der Waals surface area contributed by atoms with Crippen molar-refractivity contribution in [3.63, 3.8) is 0 Å². The maximum Gasteiger partial charge on any atom is 0.243 e. The van der Waals surface area contributed by atoms with E-state index in [-0.39, 0.29) is 5.54 Å². The molecule has 0 aromatic heterocycles. The van der Waals surface area contributed by atoms with Gasteiger partial charge < -0.3 is 5.73 Å². The average molecular weight is 385 g/mol. The van der Waals surface area contributed by atoms with Crippen molar-refractivity contribution in [2.45, 2.75) is 50.1 Å². The topological polar surface area (TPSA) is 29.3 Å². The fraction of sp³-hybridized carbons (Fsp3) is 0.500. The summed E-state index contributed by atoms with van der Waals surface area (Å²) in [4.78, 5) is 2.26. The van der Waals surface area contributed by atoms with Crippen molar-refractivity contribution < 1.29 is 8.78 Å². The summed E-state index contributed by atoms with van der Waals surface area (Å²) in [6, 6.07) is 21.4. The Morgan fingerprint density at radius 2 is 1.57 bits per heavy atom. The van der Waals surface area contributed by atoms with E-state index in [2.05, 4.69) is 53.4 Å². The van der Waals surface area contributed by atoms with Crippen LogP contribution in [0.2, 0.25) is 0 Å². The van der Waals surface area contributed by atoms with E-state index in [1.807, 2.05) is 12.1 Å². The van der Waals surface area contributed by atoms with Gasteiger partial charge in [0, 0.05) is 30.6 Å². The van der Waals surface area contributed by atoms with E-state index in [0.29, 0.717) is 25.0 Å². The van der Waals surface area contributed by atoms with Crippen LogP contribution in [0.15, 0.2) is 60.7 Å². The van der Waals surface area contributed by atoms with Crippen molar-refractivity contribution in [2.75, 3.05) is 13.1 Å². The fourth-order valence-electron chi connectivity index (χ4n) is 5.05. The first-order valence-electron chi connectivity index (χ1n) is 10.4. The quantitative estimate of drug-likeness (QED) is 0.793. The minimum atomic E-state index is -2.19. The van der Waals surface area contributed by atoms with Gasteiger partial charge in [0.2, 0.25) is 6.43 Å². The summed E-state index contributed by atoms with van der Waals surface area (Å²) in [6.07, 6.45) is 2.58. The maximum absolute atomic E-state index is 12.9. The van der Waals surface area contributed by atoms with Gasteiger partial charge in [-0.15, -0.1) is 0 Å². The Kier molecular flexibility index (Phi) is 5.79. The molecule has 4 rings (SSSR count). The minimum Gasteiger partial charge on any atom is -0.325 e. The first-order valence-corrected chi connectivity index (χ1v) is 10.4. The van der Waals surface area contributed by atoms with Gasteiger partial charge in [-0.05, 0) is 49.1 Å². The lowest BCUT2D eigenvalue weighted by Crippen LogP contribution is -2.61. The van der Waals surface area contributed by atoms with E-state index in [1.54, 1.807) is 0 Å². The Hall–Kier alpha value is -1.78. The van der Waals surface area contributed by atoms with Crippen LogP contribution in [0.4, 0.5) is 8.78 Å². The number of hydrogen-bond acceptors (Lipinski definition) is 2. The molecule has 0 bridgehead atoms. The van der Waals surface area contributed by atoms with Crippen LogP contribution in [0.3, 0.4) is 0 Å². The molecule has 1 saturated carbocycles. The number of likely N-dealkylation sites (tertiary alicyclic amines) is 1. The van der Waals surface area contributed by atoms with Gasteiger partial charge in [0.25, 0.3) is 0 Å². The predicted octanol–water partition coefficient (Wildman–Crippen LogP) is 4.53. The summed E-state index contributed by atoms with van der Waals surface area (Å²) in [7, 11) is 0. The molecule has 1 saturated heterocycles. The van der Waals surface area contributed by atoms with E-state index in [1.165, 1.54) is 11.1 Å². The molecule has 2 N–H and O–H groups in total. The van der Waals surface area contributed by atoms with Crippen molar-refractivity contribution in [3.05, 3.63) is 71.8 Å². The third kappa shape index (κ3) is 4.28. The van der Waals surface area contributed by atoms with Crippen LogP contribution in [0.5, 0.6) is 0 Å². The normalized spacial score (nSPS) is 29.0. The molecular formula is C24H30F2N2. The molecule has 4 heteroatoms. The minimum absolute atomic E-state index is 0.249. The van der Waals surface area contributed by atoms with Gasteiger partial charge in [0.1, 0.15) is 0 Å². The number of nitrogens with two attached hydrogens (primary N) is 1. The molecule has 3 atom stereocenters. The SMILES string of the molecule is NC1(Cc2ccccc2)CCC(N2CC(C(F)F)C2)CC1Cc1ccccc1. The molecule has 3 unspecified atom stereocenters. The predicted molar refractivity (Wildman–Crippen MR) is 109 cm³/mol. The van der Waals surface area contributed by atoms with Crippen LogP contribution < -0.4 is 5.73 Å². The van der Waals surface area contributed by atoms with Crippen LogP contribution in [0.1, 0.15) is 30.4 Å². The molecule has 1 heterocycles. The summed E-state index contributed by atoms with van der Waals surface area (Å²) < 4.78 is 25.8. The number of alkyl halides is 2. The van der Waals surface area contributed by atoms with Crippen LogP contribution in [-0.4, -0.2) is 36.0 Å². The molecule has 150 valence electrons. The zero-order valence-corrected chi connectivity index (χ0v) is 16.3. The largest absolute Gasteiger partial charge is 0.325 e. The summed E-state index contributed by atoms with van der Waals surface area (Å²) in [5.41, 5.74) is 9.38. The summed E-state index contributed by atoms with van der Waals surface area (Å²) in [5.74, 6) is -0.0964. The number of benzene rings is 2. The Bertz CT molecular complexity index is 746. The summed E-state index contributed by atoms with van der Waals surface area (Å²) >= 11 is 0. The van der Waals surface area contributed by atoms with Crippen LogP contribution >= 0.6 is 0 Å². The Morgan fingerprint density at radius 3 is 2.18 bits per heavy atom. The third-order valence-corrected chi connectivity index (χ3v) is 6.82. The lowest BCUT2D eigenvalue weighted by Gasteiger charge is -2.51. The lowest BCUT2D eigenvalue weighted by molar-refractivity contribution is -0.0609. The van der Waals surface area contributed by atoms with Crippen LogP contribution in [-0.2, 0) is 12.8 Å². The first kappa shape index (κ1) is 19.5. The van der Waals surface area contributed by atoms with E-state index < -0.39 is 12.3 Å². The van der Waals surface area contributed by atoms with Crippen LogP contribution in [0.25, 0.3) is 0 Å². The third-order valence-electron chi connectivity index (χ3n) is 6.82. The molecule has 0 radical (unpaired) electrons. The summed E-state index contributed by atoms with van der Waals surface area (Å²) in [5, 5.41) is 0. The van der Waals surface area contributed by atoms with E-state index in [9.17, 15) is 8.78 Å². The number of halogens is 2. The molecule has 2 nitrogen and oxygen atoms in total. The Morgan fingerprint density at radius 1 is 0.964 bits per heavy atom. The zero-order chi connectivity index (χ0) is 19.6. The second-order valence-electron chi connectivity index (χ2n) is 8.76. The van der Waals surface area contributed by atoms with E-state index in [0.717, 1.165) is 32.1 Å². The van der Waals surface area contributed by atoms with Crippen molar-refractivity contribution in [3.8, 4) is 0 Å². The maximum atomic E-state index is 12.9. The van der Waals surface area contributed by atoms with E-state index >= 15 is 0 Å². The average Bonchev–Trinajstić information content (AvgIpc) is 2.65. The molecule has 2 aromatic carbocycles. The second-order valence-corrected chi connectivity index (χ2v) is 8.76. The fourth-order valence-corrected chi connectivity index (χ4v) is 5.05. The molecular weight excluding hydrogens is 354 g/mol. The standard InChI is InChI=1S/C24H30F2N2/c25-23(26)20-16-28(17-20)22-11-12-24(27,15-19-9-5-2-6-10-19)21(14-22)13-18-7-3-1-4-8-18/h1-10,20-23H,11-17,27H2. The van der Waals surface area contributed by atoms with Gasteiger partial charge in [-0.1, -0.05) is 60.7 Å². The second kappa shape index (κ2) is 8.30. The highest BCUT2D eigenvalue weighted by Crippen LogP contribution is 2.40. The first-order chi connectivity index (χ1) is 13.5. The highest BCUT2D eigenvalue weighted by molar-refractivity contribution is 5.22. The molecule has 1 aliphatic heterocycles. The molecule has 0 amide bonds. The molecule has 1 aliphatic carbocycles. The van der Waals surface area contributed by atoms with Crippen molar-refractivity contribution in [2.24, 2.45) is 17.6 Å². The van der Waals surface area contributed by atoms with Gasteiger partial charge in [-0.2, -0.15) is 0 Å². The van der Waals surface area contributed by atoms with Gasteiger partial charge >= 0.3 is 0 Å². The van der Waals surface area contributed by atoms with Crippen LogP contribution in [0, 0.1) is 11.8 Å². The van der Waals surface area contributed by atoms with Crippen molar-refractivity contribution in [1.82, 2.24) is 4.90 Å². The zero-order valence-electron chi connectivity index (χ0n) is 16.3. The lowest BCUT2D eigenvalue weighted by atomic mass is 9.66. The number of nitrogens with zero attached hydrogens (tertiary/aromatic N) is 1. The molecule has 28 heavy (non-hydrogen) atoms. The van der Waals surface area contributed by atoms with Gasteiger partial charge in [0.15, 0.2) is 0 Å². The summed E-state index contributed by atoms with van der Waals surface area (Å²) in [6.45, 7) is 1.08. The number of rotatable bonds is 6. The molecule has 2 aliphatic rings. The highest BCUT2D eigenvalue weighted by Gasteiger charge is 2.45. The molecule has 2 aromatic rings.